The van der Waals surface area contributed by atoms with E-state index in [-0.39, 0.29) is 24.7 Å². The molecule has 1 amide bonds. The Morgan fingerprint density at radius 1 is 1.16 bits per heavy atom. The van der Waals surface area contributed by atoms with Gasteiger partial charge in [-0.2, -0.15) is 0 Å². The fourth-order valence-electron chi connectivity index (χ4n) is 2.31. The summed E-state index contributed by atoms with van der Waals surface area (Å²) in [7, 11) is -2.22. The second-order valence-corrected chi connectivity index (χ2v) is 7.28. The van der Waals surface area contributed by atoms with Crippen LogP contribution in [0.3, 0.4) is 0 Å². The summed E-state index contributed by atoms with van der Waals surface area (Å²) in [5.74, 6) is -0.572. The highest BCUT2D eigenvalue weighted by molar-refractivity contribution is 7.90. The van der Waals surface area contributed by atoms with Crippen LogP contribution in [0.4, 0.5) is 10.1 Å². The van der Waals surface area contributed by atoms with E-state index in [9.17, 15) is 17.6 Å². The van der Waals surface area contributed by atoms with E-state index < -0.39 is 20.5 Å². The third-order valence-electron chi connectivity index (χ3n) is 3.45. The summed E-state index contributed by atoms with van der Waals surface area (Å²) in [6, 6.07) is 11.1. The van der Waals surface area contributed by atoms with Crippen molar-refractivity contribution in [3.8, 4) is 5.75 Å². The molecule has 0 aliphatic heterocycles. The van der Waals surface area contributed by atoms with Crippen molar-refractivity contribution in [3.05, 3.63) is 53.8 Å². The highest BCUT2D eigenvalue weighted by Crippen LogP contribution is 2.24. The Balaban J connectivity index is 2.01. The molecule has 134 valence electrons. The number of nitrogens with one attached hydrogen (secondary N) is 2. The van der Waals surface area contributed by atoms with E-state index in [1.807, 2.05) is 18.2 Å². The number of amides is 1. The van der Waals surface area contributed by atoms with Crippen molar-refractivity contribution >= 4 is 21.4 Å². The van der Waals surface area contributed by atoms with E-state index >= 15 is 0 Å². The molecule has 2 aromatic rings. The van der Waals surface area contributed by atoms with Gasteiger partial charge in [0.15, 0.2) is 9.84 Å². The zero-order valence-corrected chi connectivity index (χ0v) is 14.7. The van der Waals surface area contributed by atoms with Crippen molar-refractivity contribution in [1.29, 1.82) is 0 Å². The smallest absolute Gasteiger partial charge is 0.239 e. The van der Waals surface area contributed by atoms with Gasteiger partial charge >= 0.3 is 0 Å². The van der Waals surface area contributed by atoms with Crippen LogP contribution in [0.1, 0.15) is 5.56 Å². The molecule has 2 N–H and O–H groups in total. The second-order valence-electron chi connectivity index (χ2n) is 5.33. The van der Waals surface area contributed by atoms with Gasteiger partial charge in [0.1, 0.15) is 16.5 Å². The number of hydrogen-bond donors (Lipinski definition) is 2. The van der Waals surface area contributed by atoms with E-state index in [0.29, 0.717) is 5.75 Å². The summed E-state index contributed by atoms with van der Waals surface area (Å²) in [6.45, 7) is 0.0632. The maximum atomic E-state index is 13.8. The lowest BCUT2D eigenvalue weighted by Crippen LogP contribution is -2.30. The molecule has 2 aromatic carbocycles. The van der Waals surface area contributed by atoms with Gasteiger partial charge in [-0.1, -0.05) is 24.3 Å². The van der Waals surface area contributed by atoms with Gasteiger partial charge in [-0.15, -0.1) is 0 Å². The third kappa shape index (κ3) is 4.93. The summed E-state index contributed by atoms with van der Waals surface area (Å²) in [6.07, 6.45) is 0.915. The van der Waals surface area contributed by atoms with E-state index in [1.165, 1.54) is 12.1 Å². The van der Waals surface area contributed by atoms with Crippen LogP contribution >= 0.6 is 0 Å². The van der Waals surface area contributed by atoms with Crippen molar-refractivity contribution in [3.63, 3.8) is 0 Å². The number of ether oxygens (including phenoxy) is 1. The standard InChI is InChI=1S/C17H19FN2O4S/c1-24-15-9-4-3-6-12(15)10-20-16(21)11-19-14-8-5-7-13(18)17(14)25(2,22)23/h3-9,19H,10-11H2,1-2H3,(H,20,21). The van der Waals surface area contributed by atoms with Gasteiger partial charge < -0.3 is 15.4 Å². The van der Waals surface area contributed by atoms with Crippen LogP contribution in [0.15, 0.2) is 47.4 Å². The second kappa shape index (κ2) is 7.98. The van der Waals surface area contributed by atoms with E-state index in [2.05, 4.69) is 10.6 Å². The van der Waals surface area contributed by atoms with E-state index in [1.54, 1.807) is 13.2 Å². The molecule has 0 spiro atoms. The number of sulfone groups is 1. The van der Waals surface area contributed by atoms with Crippen LogP contribution in [0, 0.1) is 5.82 Å². The molecule has 0 atom stereocenters. The van der Waals surface area contributed by atoms with Gasteiger partial charge in [0.05, 0.1) is 19.3 Å². The Bertz CT molecular complexity index is 869. The molecule has 0 saturated carbocycles. The summed E-state index contributed by atoms with van der Waals surface area (Å²) < 4.78 is 42.4. The number of hydrogen-bond acceptors (Lipinski definition) is 5. The Morgan fingerprint density at radius 3 is 2.56 bits per heavy atom. The van der Waals surface area contributed by atoms with Crippen LogP contribution < -0.4 is 15.4 Å². The summed E-state index contributed by atoms with van der Waals surface area (Å²) in [5.41, 5.74) is 0.857. The summed E-state index contributed by atoms with van der Waals surface area (Å²) in [4.78, 5) is 11.5. The van der Waals surface area contributed by atoms with Crippen LogP contribution in [0.25, 0.3) is 0 Å². The number of rotatable bonds is 7. The third-order valence-corrected chi connectivity index (χ3v) is 4.60. The highest BCUT2D eigenvalue weighted by Gasteiger charge is 2.19. The summed E-state index contributed by atoms with van der Waals surface area (Å²) >= 11 is 0. The molecular formula is C17H19FN2O4S. The molecular weight excluding hydrogens is 347 g/mol. The topological polar surface area (TPSA) is 84.5 Å². The molecule has 8 heteroatoms. The molecule has 6 nitrogen and oxygen atoms in total. The molecule has 0 aromatic heterocycles. The van der Waals surface area contributed by atoms with E-state index in [4.69, 9.17) is 4.74 Å². The minimum absolute atomic E-state index is 0.0509. The lowest BCUT2D eigenvalue weighted by molar-refractivity contribution is -0.119. The minimum Gasteiger partial charge on any atom is -0.496 e. The first-order valence-electron chi connectivity index (χ1n) is 7.44. The first-order valence-corrected chi connectivity index (χ1v) is 9.33. The first kappa shape index (κ1) is 18.7. The molecule has 0 heterocycles. The first-order chi connectivity index (χ1) is 11.8. The number of para-hydroxylation sites is 1. The zero-order valence-electron chi connectivity index (χ0n) is 13.9. The number of benzene rings is 2. The molecule has 0 bridgehead atoms. The highest BCUT2D eigenvalue weighted by atomic mass is 32.2. The van der Waals surface area contributed by atoms with Crippen molar-refractivity contribution < 1.29 is 22.3 Å². The van der Waals surface area contributed by atoms with Crippen LogP contribution in [0.5, 0.6) is 5.75 Å². The number of methoxy groups -OCH3 is 1. The quantitative estimate of drug-likeness (QED) is 0.783. The number of halogens is 1. The maximum Gasteiger partial charge on any atom is 0.239 e. The van der Waals surface area contributed by atoms with Crippen molar-refractivity contribution in [1.82, 2.24) is 5.32 Å². The Kier molecular flexibility index (Phi) is 5.97. The largest absolute Gasteiger partial charge is 0.496 e. The average molecular weight is 366 g/mol. The lowest BCUT2D eigenvalue weighted by Gasteiger charge is -2.12. The van der Waals surface area contributed by atoms with Crippen molar-refractivity contribution in [2.24, 2.45) is 0 Å². The zero-order chi connectivity index (χ0) is 18.4. The van der Waals surface area contributed by atoms with E-state index in [0.717, 1.165) is 17.9 Å². The fraction of sp³-hybridized carbons (Fsp3) is 0.235. The van der Waals surface area contributed by atoms with Gasteiger partial charge in [-0.05, 0) is 18.2 Å². The molecule has 0 radical (unpaired) electrons. The SMILES string of the molecule is COc1ccccc1CNC(=O)CNc1cccc(F)c1S(C)(=O)=O. The monoisotopic (exact) mass is 366 g/mol. The molecule has 0 aliphatic carbocycles. The van der Waals surface area contributed by atoms with Gasteiger partial charge in [-0.3, -0.25) is 4.79 Å². The molecule has 0 unspecified atom stereocenters. The Labute approximate surface area is 145 Å². The molecule has 0 saturated heterocycles. The van der Waals surface area contributed by atoms with Gasteiger partial charge in [0.2, 0.25) is 5.91 Å². The van der Waals surface area contributed by atoms with Gasteiger partial charge in [0, 0.05) is 18.4 Å². The molecule has 0 fully saturated rings. The molecule has 25 heavy (non-hydrogen) atoms. The fourth-order valence-corrected chi connectivity index (χ4v) is 3.27. The van der Waals surface area contributed by atoms with Crippen molar-refractivity contribution in [2.45, 2.75) is 11.4 Å². The number of carbonyl (C=O) groups is 1. The Hall–Kier alpha value is -2.61. The van der Waals surface area contributed by atoms with Crippen LogP contribution in [0.2, 0.25) is 0 Å². The van der Waals surface area contributed by atoms with Gasteiger partial charge in [0.25, 0.3) is 0 Å². The van der Waals surface area contributed by atoms with Crippen molar-refractivity contribution in [2.75, 3.05) is 25.2 Å². The normalized spacial score (nSPS) is 11.0. The predicted octanol–water partition coefficient (Wildman–Crippen LogP) is 1.97. The van der Waals surface area contributed by atoms with Gasteiger partial charge in [-0.25, -0.2) is 12.8 Å². The summed E-state index contributed by atoms with van der Waals surface area (Å²) in [5, 5.41) is 5.35. The molecule has 0 aliphatic rings. The molecule has 2 rings (SSSR count). The average Bonchev–Trinajstić information content (AvgIpc) is 2.57. The minimum atomic E-state index is -3.76. The van der Waals surface area contributed by atoms with Crippen LogP contribution in [-0.2, 0) is 21.2 Å². The lowest BCUT2D eigenvalue weighted by atomic mass is 10.2. The predicted molar refractivity (Wildman–Crippen MR) is 92.8 cm³/mol. The van der Waals surface area contributed by atoms with Crippen LogP contribution in [-0.4, -0.2) is 34.2 Å². The number of anilines is 1. The maximum absolute atomic E-state index is 13.8. The number of carbonyl (C=O) groups excluding carboxylic acids is 1. The Morgan fingerprint density at radius 2 is 1.88 bits per heavy atom.